The smallest absolute Gasteiger partial charge is 0.344 e. The summed E-state index contributed by atoms with van der Waals surface area (Å²) in [7, 11) is 1.44. The molecule has 0 radical (unpaired) electrons. The summed E-state index contributed by atoms with van der Waals surface area (Å²) in [5, 5.41) is 15.3. The zero-order chi connectivity index (χ0) is 27.0. The van der Waals surface area contributed by atoms with Crippen LogP contribution in [0.4, 0.5) is 0 Å². The number of methoxy groups -OCH3 is 1. The van der Waals surface area contributed by atoms with Crippen LogP contribution in [0.15, 0.2) is 79.4 Å². The Kier molecular flexibility index (Phi) is 6.92. The molecule has 0 aliphatic rings. The van der Waals surface area contributed by atoms with Crippen molar-refractivity contribution in [3.8, 4) is 23.1 Å². The van der Waals surface area contributed by atoms with Gasteiger partial charge >= 0.3 is 5.97 Å². The molecule has 192 valence electrons. The fraction of sp³-hybridized carbons (Fsp3) is 0.111. The van der Waals surface area contributed by atoms with E-state index >= 15 is 0 Å². The van der Waals surface area contributed by atoms with Gasteiger partial charge in [-0.05, 0) is 71.4 Å². The number of aromatic nitrogens is 2. The molecule has 0 unspecified atom stereocenters. The van der Waals surface area contributed by atoms with Crippen LogP contribution < -0.4 is 15.0 Å². The Bertz CT molecular complexity index is 1800. The quantitative estimate of drug-likeness (QED) is 0.230. The SMILES string of the molecule is COc1cc(C=Nn2c(-c3cc4cc(Cl)ccc4o3)nc3ccccc3c2=O)c(Br)cc1O[C@@H](C)C(=O)O. The number of carbonyl (C=O) groups is 1. The molecule has 11 heteroatoms. The van der Waals surface area contributed by atoms with Gasteiger partial charge in [0.1, 0.15) is 5.58 Å². The molecule has 2 heterocycles. The topological polar surface area (TPSA) is 116 Å². The van der Waals surface area contributed by atoms with E-state index < -0.39 is 17.6 Å². The number of ether oxygens (including phenoxy) is 2. The summed E-state index contributed by atoms with van der Waals surface area (Å²) < 4.78 is 18.6. The molecule has 1 atom stereocenters. The molecule has 0 aliphatic carbocycles. The average molecular weight is 597 g/mol. The predicted molar refractivity (Wildman–Crippen MR) is 148 cm³/mol. The molecule has 0 amide bonds. The molecule has 0 aliphatic heterocycles. The van der Waals surface area contributed by atoms with Gasteiger partial charge in [-0.3, -0.25) is 4.79 Å². The standard InChI is InChI=1S/C27H19BrClN3O6/c1-14(27(34)35)37-23-12-19(28)16(11-22(23)36-2)13-30-32-25(31-20-6-4-3-5-18(20)26(32)33)24-10-15-9-17(29)7-8-21(15)38-24/h3-14H,1-2H3,(H,34,35)/t14-/m0/s1. The number of benzene rings is 3. The van der Waals surface area contributed by atoms with Crippen LogP contribution in [0.1, 0.15) is 12.5 Å². The number of carboxylic acid groups (broad SMARTS) is 1. The maximum atomic E-state index is 13.5. The first-order valence-electron chi connectivity index (χ1n) is 11.3. The van der Waals surface area contributed by atoms with Crippen molar-refractivity contribution >= 4 is 61.6 Å². The molecule has 3 aromatic carbocycles. The highest BCUT2D eigenvalue weighted by molar-refractivity contribution is 9.10. The van der Waals surface area contributed by atoms with Gasteiger partial charge in [0.15, 0.2) is 23.4 Å². The number of aliphatic carboxylic acids is 1. The number of nitrogens with zero attached hydrogens (tertiary/aromatic N) is 3. The lowest BCUT2D eigenvalue weighted by atomic mass is 10.2. The molecule has 0 spiro atoms. The Morgan fingerprint density at radius 3 is 2.74 bits per heavy atom. The summed E-state index contributed by atoms with van der Waals surface area (Å²) in [6.07, 6.45) is 0.372. The molecule has 0 bridgehead atoms. The van der Waals surface area contributed by atoms with Crippen molar-refractivity contribution in [2.75, 3.05) is 7.11 Å². The monoisotopic (exact) mass is 595 g/mol. The van der Waals surface area contributed by atoms with Gasteiger partial charge in [0.2, 0.25) is 5.82 Å². The van der Waals surface area contributed by atoms with E-state index in [9.17, 15) is 14.7 Å². The number of rotatable bonds is 7. The lowest BCUT2D eigenvalue weighted by Crippen LogP contribution is -2.23. The fourth-order valence-corrected chi connectivity index (χ4v) is 4.38. The van der Waals surface area contributed by atoms with Crippen LogP contribution in [-0.2, 0) is 4.79 Å². The summed E-state index contributed by atoms with van der Waals surface area (Å²) in [4.78, 5) is 29.4. The van der Waals surface area contributed by atoms with Gasteiger partial charge in [-0.2, -0.15) is 9.78 Å². The van der Waals surface area contributed by atoms with Crippen LogP contribution in [0.2, 0.25) is 5.02 Å². The first kappa shape index (κ1) is 25.5. The molecule has 5 aromatic rings. The molecular weight excluding hydrogens is 578 g/mol. The van der Waals surface area contributed by atoms with E-state index in [1.165, 1.54) is 20.2 Å². The Balaban J connectivity index is 1.64. The highest BCUT2D eigenvalue weighted by Crippen LogP contribution is 2.34. The average Bonchev–Trinajstić information content (AvgIpc) is 3.32. The number of para-hydroxylation sites is 1. The third kappa shape index (κ3) is 4.88. The van der Waals surface area contributed by atoms with Crippen LogP contribution >= 0.6 is 27.5 Å². The Hall–Kier alpha value is -4.15. The molecule has 5 rings (SSSR count). The van der Waals surface area contributed by atoms with Gasteiger partial charge in [0.05, 0.1) is 24.2 Å². The molecule has 0 saturated heterocycles. The highest BCUT2D eigenvalue weighted by Gasteiger charge is 2.19. The first-order valence-corrected chi connectivity index (χ1v) is 12.4. The second-order valence-corrected chi connectivity index (χ2v) is 9.52. The van der Waals surface area contributed by atoms with Crippen molar-refractivity contribution in [2.45, 2.75) is 13.0 Å². The van der Waals surface area contributed by atoms with Crippen molar-refractivity contribution in [3.05, 3.63) is 86.1 Å². The van der Waals surface area contributed by atoms with Crippen LogP contribution in [0.25, 0.3) is 33.5 Å². The van der Waals surface area contributed by atoms with Gasteiger partial charge in [0, 0.05) is 20.4 Å². The Morgan fingerprint density at radius 1 is 1.18 bits per heavy atom. The maximum Gasteiger partial charge on any atom is 0.344 e. The van der Waals surface area contributed by atoms with Gasteiger partial charge < -0.3 is 19.0 Å². The number of fused-ring (bicyclic) bond motifs is 2. The number of hydrogen-bond donors (Lipinski definition) is 1. The van der Waals surface area contributed by atoms with Crippen molar-refractivity contribution in [3.63, 3.8) is 0 Å². The highest BCUT2D eigenvalue weighted by atomic mass is 79.9. The largest absolute Gasteiger partial charge is 0.493 e. The van der Waals surface area contributed by atoms with Crippen LogP contribution in [0, 0.1) is 0 Å². The lowest BCUT2D eigenvalue weighted by Gasteiger charge is -2.15. The zero-order valence-corrected chi connectivity index (χ0v) is 22.4. The molecular formula is C27H19BrClN3O6. The van der Waals surface area contributed by atoms with E-state index in [0.717, 1.165) is 10.1 Å². The van der Waals surface area contributed by atoms with Crippen molar-refractivity contribution < 1.29 is 23.8 Å². The predicted octanol–water partition coefficient (Wildman–Crippen LogP) is 5.97. The minimum absolute atomic E-state index is 0.204. The van der Waals surface area contributed by atoms with Crippen LogP contribution in [0.5, 0.6) is 11.5 Å². The van der Waals surface area contributed by atoms with Crippen molar-refractivity contribution in [1.29, 1.82) is 0 Å². The van der Waals surface area contributed by atoms with E-state index in [1.807, 2.05) is 0 Å². The number of furan rings is 1. The number of halogens is 2. The summed E-state index contributed by atoms with van der Waals surface area (Å²) in [5.41, 5.74) is 1.23. The van der Waals surface area contributed by atoms with Gasteiger partial charge in [-0.15, -0.1) is 0 Å². The molecule has 1 N–H and O–H groups in total. The third-order valence-electron chi connectivity index (χ3n) is 5.70. The first-order chi connectivity index (χ1) is 18.2. The second-order valence-electron chi connectivity index (χ2n) is 8.23. The molecule has 0 fully saturated rings. The zero-order valence-electron chi connectivity index (χ0n) is 20.0. The van der Waals surface area contributed by atoms with Gasteiger partial charge in [-0.25, -0.2) is 9.78 Å². The summed E-state index contributed by atoms with van der Waals surface area (Å²) in [5.74, 6) is -0.0444. The van der Waals surface area contributed by atoms with Gasteiger partial charge in [-0.1, -0.05) is 23.7 Å². The van der Waals surface area contributed by atoms with E-state index in [2.05, 4.69) is 26.0 Å². The Labute approximate surface area is 229 Å². The van der Waals surface area contributed by atoms with E-state index in [1.54, 1.807) is 60.7 Å². The summed E-state index contributed by atoms with van der Waals surface area (Å²) >= 11 is 9.59. The minimum atomic E-state index is -1.11. The normalized spacial score (nSPS) is 12.3. The van der Waals surface area contributed by atoms with E-state index in [-0.39, 0.29) is 11.6 Å². The van der Waals surface area contributed by atoms with E-state index in [0.29, 0.717) is 43.1 Å². The summed E-state index contributed by atoms with van der Waals surface area (Å²) in [6.45, 7) is 1.41. The maximum absolute atomic E-state index is 13.5. The molecule has 9 nitrogen and oxygen atoms in total. The molecule has 38 heavy (non-hydrogen) atoms. The fourth-order valence-electron chi connectivity index (χ4n) is 3.78. The lowest BCUT2D eigenvalue weighted by molar-refractivity contribution is -0.144. The number of hydrogen-bond acceptors (Lipinski definition) is 7. The number of carboxylic acids is 1. The van der Waals surface area contributed by atoms with Crippen LogP contribution in [-0.4, -0.2) is 40.2 Å². The van der Waals surface area contributed by atoms with Crippen molar-refractivity contribution in [2.24, 2.45) is 5.10 Å². The second kappa shape index (κ2) is 10.3. The molecule has 0 saturated carbocycles. The van der Waals surface area contributed by atoms with Gasteiger partial charge in [0.25, 0.3) is 5.56 Å². The van der Waals surface area contributed by atoms with Crippen molar-refractivity contribution in [1.82, 2.24) is 9.66 Å². The third-order valence-corrected chi connectivity index (χ3v) is 6.62. The van der Waals surface area contributed by atoms with Crippen LogP contribution in [0.3, 0.4) is 0 Å². The van der Waals surface area contributed by atoms with E-state index in [4.69, 9.17) is 25.5 Å². The minimum Gasteiger partial charge on any atom is -0.493 e. The summed E-state index contributed by atoms with van der Waals surface area (Å²) in [6, 6.07) is 17.1. The Morgan fingerprint density at radius 2 is 1.97 bits per heavy atom. The molecule has 2 aromatic heterocycles.